The number of nitrogens with one attached hydrogen (secondary N) is 1. The van der Waals surface area contributed by atoms with Crippen LogP contribution in [0, 0.1) is 5.92 Å². The van der Waals surface area contributed by atoms with Gasteiger partial charge < -0.3 is 20.7 Å². The highest BCUT2D eigenvalue weighted by atomic mass is 16.5. The molecule has 0 bridgehead atoms. The van der Waals surface area contributed by atoms with E-state index in [2.05, 4.69) is 5.32 Å². The lowest BCUT2D eigenvalue weighted by molar-refractivity contribution is -0.117. The number of methoxy groups -OCH3 is 1. The molecule has 0 saturated heterocycles. The molecular weight excluding hydrogens is 432 g/mol. The first-order valence-electron chi connectivity index (χ1n) is 11.8. The van der Waals surface area contributed by atoms with Crippen molar-refractivity contribution in [3.05, 3.63) is 59.2 Å². The minimum Gasteiger partial charge on any atom is -0.383 e. The third-order valence-corrected chi connectivity index (χ3v) is 6.65. The SMILES string of the molecule is COCCN(C(=O)N1Cc2ccc(C(N)=O)cc2C1)c1ccc(NC(=O)CC2CCCC2)cc1. The van der Waals surface area contributed by atoms with Crippen LogP contribution in [0.1, 0.15) is 53.6 Å². The van der Waals surface area contributed by atoms with Gasteiger partial charge in [-0.2, -0.15) is 0 Å². The van der Waals surface area contributed by atoms with E-state index < -0.39 is 5.91 Å². The Kier molecular flexibility index (Phi) is 7.47. The summed E-state index contributed by atoms with van der Waals surface area (Å²) in [5, 5.41) is 2.97. The summed E-state index contributed by atoms with van der Waals surface area (Å²) in [5.41, 5.74) is 9.22. The fourth-order valence-electron chi connectivity index (χ4n) is 4.78. The zero-order chi connectivity index (χ0) is 24.1. The monoisotopic (exact) mass is 464 g/mol. The molecule has 1 fully saturated rings. The number of anilines is 2. The van der Waals surface area contributed by atoms with Gasteiger partial charge in [-0.1, -0.05) is 18.9 Å². The Balaban J connectivity index is 1.43. The number of fused-ring (bicyclic) bond motifs is 1. The standard InChI is InChI=1S/C26H32N4O4/c1-34-13-12-30(26(33)29-16-20-7-6-19(25(27)32)15-21(20)17-29)23-10-8-22(9-11-23)28-24(31)14-18-4-2-3-5-18/h6-11,15,18H,2-5,12-14,16-17H2,1H3,(H2,27,32)(H,28,31). The molecule has 0 aromatic heterocycles. The normalized spacial score (nSPS) is 15.3. The van der Waals surface area contributed by atoms with Gasteiger partial charge in [-0.15, -0.1) is 0 Å². The van der Waals surface area contributed by atoms with Gasteiger partial charge in [-0.25, -0.2) is 4.79 Å². The molecule has 3 N–H and O–H groups in total. The van der Waals surface area contributed by atoms with E-state index in [9.17, 15) is 14.4 Å². The highest BCUT2D eigenvalue weighted by molar-refractivity contribution is 5.95. The zero-order valence-corrected chi connectivity index (χ0v) is 19.6. The second-order valence-corrected chi connectivity index (χ2v) is 9.08. The maximum Gasteiger partial charge on any atom is 0.325 e. The number of urea groups is 1. The highest BCUT2D eigenvalue weighted by Gasteiger charge is 2.28. The van der Waals surface area contributed by atoms with Crippen molar-refractivity contribution in [3.8, 4) is 0 Å². The lowest BCUT2D eigenvalue weighted by Gasteiger charge is -2.28. The van der Waals surface area contributed by atoms with Crippen LogP contribution in [-0.4, -0.2) is 43.0 Å². The average molecular weight is 465 g/mol. The highest BCUT2D eigenvalue weighted by Crippen LogP contribution is 2.29. The van der Waals surface area contributed by atoms with E-state index in [4.69, 9.17) is 10.5 Å². The van der Waals surface area contributed by atoms with Crippen LogP contribution >= 0.6 is 0 Å². The molecule has 180 valence electrons. The molecule has 8 nitrogen and oxygen atoms in total. The number of hydrogen-bond donors (Lipinski definition) is 2. The molecule has 1 aliphatic heterocycles. The number of hydrogen-bond acceptors (Lipinski definition) is 4. The summed E-state index contributed by atoms with van der Waals surface area (Å²) in [7, 11) is 1.60. The average Bonchev–Trinajstić information content (AvgIpc) is 3.49. The topological polar surface area (TPSA) is 105 Å². The van der Waals surface area contributed by atoms with Crippen molar-refractivity contribution in [1.29, 1.82) is 0 Å². The predicted octanol–water partition coefficient (Wildman–Crippen LogP) is 3.89. The number of nitrogens with two attached hydrogens (primary N) is 1. The Morgan fingerprint density at radius 1 is 1.06 bits per heavy atom. The minimum atomic E-state index is -0.482. The summed E-state index contributed by atoms with van der Waals surface area (Å²) < 4.78 is 5.23. The van der Waals surface area contributed by atoms with E-state index in [1.807, 2.05) is 30.3 Å². The molecule has 4 rings (SSSR count). The van der Waals surface area contributed by atoms with Gasteiger partial charge in [0.05, 0.1) is 13.2 Å². The van der Waals surface area contributed by atoms with Crippen molar-refractivity contribution in [1.82, 2.24) is 4.90 Å². The van der Waals surface area contributed by atoms with Gasteiger partial charge in [-0.3, -0.25) is 14.5 Å². The van der Waals surface area contributed by atoms with E-state index in [0.717, 1.165) is 35.3 Å². The summed E-state index contributed by atoms with van der Waals surface area (Å²) in [5.74, 6) is 0.0481. The molecule has 34 heavy (non-hydrogen) atoms. The van der Waals surface area contributed by atoms with Crippen molar-refractivity contribution >= 4 is 29.2 Å². The lowest BCUT2D eigenvalue weighted by Crippen LogP contribution is -2.42. The summed E-state index contributed by atoms with van der Waals surface area (Å²) in [6.45, 7) is 1.65. The number of primary amides is 1. The van der Waals surface area contributed by atoms with Crippen LogP contribution in [0.2, 0.25) is 0 Å². The van der Waals surface area contributed by atoms with Crippen molar-refractivity contribution in [3.63, 3.8) is 0 Å². The summed E-state index contributed by atoms with van der Waals surface area (Å²) >= 11 is 0. The molecule has 2 aliphatic rings. The van der Waals surface area contributed by atoms with Crippen LogP contribution in [0.15, 0.2) is 42.5 Å². The first-order chi connectivity index (χ1) is 16.4. The molecule has 8 heteroatoms. The Morgan fingerprint density at radius 3 is 2.44 bits per heavy atom. The number of rotatable bonds is 8. The van der Waals surface area contributed by atoms with Crippen molar-refractivity contribution < 1.29 is 19.1 Å². The molecule has 1 saturated carbocycles. The van der Waals surface area contributed by atoms with Crippen LogP contribution in [0.3, 0.4) is 0 Å². The maximum atomic E-state index is 13.4. The van der Waals surface area contributed by atoms with Crippen LogP contribution in [0.25, 0.3) is 0 Å². The van der Waals surface area contributed by atoms with Gasteiger partial charge in [0.2, 0.25) is 11.8 Å². The zero-order valence-electron chi connectivity index (χ0n) is 19.6. The lowest BCUT2D eigenvalue weighted by atomic mass is 10.0. The number of carbonyl (C=O) groups is 3. The largest absolute Gasteiger partial charge is 0.383 e. The second-order valence-electron chi connectivity index (χ2n) is 9.08. The quantitative estimate of drug-likeness (QED) is 0.618. The minimum absolute atomic E-state index is 0.0390. The molecule has 1 heterocycles. The van der Waals surface area contributed by atoms with Crippen LogP contribution in [-0.2, 0) is 22.6 Å². The predicted molar refractivity (Wildman–Crippen MR) is 130 cm³/mol. The smallest absolute Gasteiger partial charge is 0.325 e. The van der Waals surface area contributed by atoms with Gasteiger partial charge in [0, 0.05) is 43.6 Å². The molecule has 4 amide bonds. The van der Waals surface area contributed by atoms with Crippen LogP contribution < -0.4 is 16.0 Å². The number of amides is 4. The first kappa shape index (κ1) is 23.8. The molecular formula is C26H32N4O4. The molecule has 0 atom stereocenters. The summed E-state index contributed by atoms with van der Waals surface area (Å²) in [6, 6.07) is 12.5. The Morgan fingerprint density at radius 2 is 1.76 bits per heavy atom. The third-order valence-electron chi connectivity index (χ3n) is 6.65. The van der Waals surface area contributed by atoms with E-state index >= 15 is 0 Å². The summed E-state index contributed by atoms with van der Waals surface area (Å²) in [6.07, 6.45) is 5.26. The number of carbonyl (C=O) groups excluding carboxylic acids is 3. The van der Waals surface area contributed by atoms with Gasteiger partial charge in [0.15, 0.2) is 0 Å². The van der Waals surface area contributed by atoms with Gasteiger partial charge in [0.25, 0.3) is 0 Å². The van der Waals surface area contributed by atoms with E-state index in [1.165, 1.54) is 12.8 Å². The Bertz CT molecular complexity index is 1050. The van der Waals surface area contributed by atoms with Crippen molar-refractivity contribution in [2.75, 3.05) is 30.5 Å². The summed E-state index contributed by atoms with van der Waals surface area (Å²) in [4.78, 5) is 40.7. The molecule has 1 aliphatic carbocycles. The Labute approximate surface area is 200 Å². The molecule has 0 radical (unpaired) electrons. The van der Waals surface area contributed by atoms with Crippen molar-refractivity contribution in [2.24, 2.45) is 11.7 Å². The van der Waals surface area contributed by atoms with E-state index in [-0.39, 0.29) is 11.9 Å². The molecule has 0 unspecified atom stereocenters. The third kappa shape index (κ3) is 5.56. The number of benzene rings is 2. The fourth-order valence-corrected chi connectivity index (χ4v) is 4.78. The molecule has 2 aromatic rings. The van der Waals surface area contributed by atoms with Crippen LogP contribution in [0.4, 0.5) is 16.2 Å². The number of nitrogens with zero attached hydrogens (tertiary/aromatic N) is 2. The molecule has 0 spiro atoms. The maximum absolute atomic E-state index is 13.4. The Hall–Kier alpha value is -3.39. The number of ether oxygens (including phenoxy) is 1. The van der Waals surface area contributed by atoms with Crippen LogP contribution in [0.5, 0.6) is 0 Å². The fraction of sp³-hybridized carbons (Fsp3) is 0.423. The van der Waals surface area contributed by atoms with E-state index in [0.29, 0.717) is 44.1 Å². The van der Waals surface area contributed by atoms with Gasteiger partial charge in [0.1, 0.15) is 0 Å². The first-order valence-corrected chi connectivity index (χ1v) is 11.8. The van der Waals surface area contributed by atoms with Gasteiger partial charge in [-0.05, 0) is 66.3 Å². The second kappa shape index (κ2) is 10.7. The van der Waals surface area contributed by atoms with Crippen molar-refractivity contribution in [2.45, 2.75) is 45.2 Å². The molecule has 2 aromatic carbocycles. The van der Waals surface area contributed by atoms with E-state index in [1.54, 1.807) is 29.0 Å². The van der Waals surface area contributed by atoms with Gasteiger partial charge >= 0.3 is 6.03 Å².